The minimum absolute atomic E-state index is 0.0495. The van der Waals surface area contributed by atoms with Crippen molar-refractivity contribution in [3.8, 4) is 5.69 Å². The van der Waals surface area contributed by atoms with Crippen LogP contribution >= 0.6 is 0 Å². The number of hydrogen-bond donors (Lipinski definition) is 2. The average Bonchev–Trinajstić information content (AvgIpc) is 2.93. The van der Waals surface area contributed by atoms with Crippen LogP contribution in [0.15, 0.2) is 30.7 Å². The van der Waals surface area contributed by atoms with Gasteiger partial charge in [0, 0.05) is 13.1 Å². The Morgan fingerprint density at radius 3 is 2.90 bits per heavy atom. The molecular weight excluding hydrogens is 260 g/mol. The van der Waals surface area contributed by atoms with Gasteiger partial charge in [-0.1, -0.05) is 5.21 Å². The molecule has 2 N–H and O–H groups in total. The summed E-state index contributed by atoms with van der Waals surface area (Å²) in [5, 5.41) is 12.9. The van der Waals surface area contributed by atoms with Crippen LogP contribution in [0.25, 0.3) is 5.69 Å². The van der Waals surface area contributed by atoms with Crippen molar-refractivity contribution in [3.63, 3.8) is 0 Å². The lowest BCUT2D eigenvalue weighted by Gasteiger charge is -2.03. The van der Waals surface area contributed by atoms with Gasteiger partial charge in [0.2, 0.25) is 11.8 Å². The third kappa shape index (κ3) is 3.87. The molecule has 0 fully saturated rings. The zero-order valence-electron chi connectivity index (χ0n) is 10.9. The SMILES string of the molecule is CC(=O)NCC(=O)NCc1cn(-c2cccnc2)nn1. The summed E-state index contributed by atoms with van der Waals surface area (Å²) in [6.45, 7) is 1.55. The number of pyridine rings is 1. The first kappa shape index (κ1) is 13.7. The van der Waals surface area contributed by atoms with Crippen molar-refractivity contribution in [3.05, 3.63) is 36.4 Å². The van der Waals surface area contributed by atoms with Crippen LogP contribution in [0.1, 0.15) is 12.6 Å². The van der Waals surface area contributed by atoms with E-state index in [0.29, 0.717) is 5.69 Å². The minimum Gasteiger partial charge on any atom is -0.349 e. The monoisotopic (exact) mass is 274 g/mol. The van der Waals surface area contributed by atoms with Gasteiger partial charge in [0.25, 0.3) is 0 Å². The van der Waals surface area contributed by atoms with Crippen LogP contribution in [0, 0.1) is 0 Å². The molecule has 2 amide bonds. The van der Waals surface area contributed by atoms with E-state index in [4.69, 9.17) is 0 Å². The van der Waals surface area contributed by atoms with Gasteiger partial charge in [-0.15, -0.1) is 5.10 Å². The summed E-state index contributed by atoms with van der Waals surface area (Å²) in [6, 6.07) is 3.65. The van der Waals surface area contributed by atoms with Crippen molar-refractivity contribution in [1.82, 2.24) is 30.6 Å². The van der Waals surface area contributed by atoms with Crippen LogP contribution in [0.3, 0.4) is 0 Å². The summed E-state index contributed by atoms with van der Waals surface area (Å²) in [6.07, 6.45) is 5.03. The molecule has 0 unspecified atom stereocenters. The van der Waals surface area contributed by atoms with Crippen LogP contribution in [0.2, 0.25) is 0 Å². The van der Waals surface area contributed by atoms with Crippen LogP contribution < -0.4 is 10.6 Å². The smallest absolute Gasteiger partial charge is 0.239 e. The van der Waals surface area contributed by atoms with Crippen LogP contribution in [0.5, 0.6) is 0 Å². The molecule has 2 heterocycles. The molecule has 104 valence electrons. The molecule has 2 aromatic heterocycles. The van der Waals surface area contributed by atoms with Gasteiger partial charge in [-0.25, -0.2) is 4.68 Å². The molecule has 2 aromatic rings. The average molecular weight is 274 g/mol. The van der Waals surface area contributed by atoms with Crippen molar-refractivity contribution in [2.24, 2.45) is 0 Å². The second-order valence-electron chi connectivity index (χ2n) is 4.05. The lowest BCUT2D eigenvalue weighted by molar-refractivity contribution is -0.125. The van der Waals surface area contributed by atoms with E-state index in [-0.39, 0.29) is 24.9 Å². The summed E-state index contributed by atoms with van der Waals surface area (Å²) in [5.74, 6) is -0.529. The Morgan fingerprint density at radius 1 is 1.35 bits per heavy atom. The summed E-state index contributed by atoms with van der Waals surface area (Å²) < 4.78 is 1.57. The van der Waals surface area contributed by atoms with Gasteiger partial charge >= 0.3 is 0 Å². The number of carbonyl (C=O) groups is 2. The van der Waals surface area contributed by atoms with E-state index in [0.717, 1.165) is 5.69 Å². The van der Waals surface area contributed by atoms with Crippen LogP contribution in [-0.4, -0.2) is 38.3 Å². The Bertz CT molecular complexity index is 595. The van der Waals surface area contributed by atoms with E-state index in [9.17, 15) is 9.59 Å². The number of aromatic nitrogens is 4. The quantitative estimate of drug-likeness (QED) is 0.759. The third-order valence-corrected chi connectivity index (χ3v) is 2.42. The molecule has 0 radical (unpaired) electrons. The predicted molar refractivity (Wildman–Crippen MR) is 69.7 cm³/mol. The Kier molecular flexibility index (Phi) is 4.38. The summed E-state index contributed by atoms with van der Waals surface area (Å²) in [4.78, 5) is 26.1. The zero-order chi connectivity index (χ0) is 14.4. The van der Waals surface area contributed by atoms with Crippen molar-refractivity contribution in [2.45, 2.75) is 13.5 Å². The highest BCUT2D eigenvalue weighted by molar-refractivity contribution is 5.83. The molecule has 0 saturated heterocycles. The second-order valence-corrected chi connectivity index (χ2v) is 4.05. The second kappa shape index (κ2) is 6.41. The van der Waals surface area contributed by atoms with E-state index in [1.54, 1.807) is 29.3 Å². The van der Waals surface area contributed by atoms with Crippen molar-refractivity contribution in [1.29, 1.82) is 0 Å². The maximum atomic E-state index is 11.4. The minimum atomic E-state index is -0.281. The Labute approximate surface area is 115 Å². The van der Waals surface area contributed by atoms with Gasteiger partial charge in [-0.2, -0.15) is 0 Å². The molecule has 0 spiro atoms. The highest BCUT2D eigenvalue weighted by Gasteiger charge is 2.05. The third-order valence-electron chi connectivity index (χ3n) is 2.42. The molecule has 0 bridgehead atoms. The molecule has 0 saturated carbocycles. The van der Waals surface area contributed by atoms with Gasteiger partial charge in [-0.3, -0.25) is 14.6 Å². The highest BCUT2D eigenvalue weighted by atomic mass is 16.2. The van der Waals surface area contributed by atoms with Crippen LogP contribution in [0.4, 0.5) is 0 Å². The molecule has 8 nitrogen and oxygen atoms in total. The maximum Gasteiger partial charge on any atom is 0.239 e. The van der Waals surface area contributed by atoms with Crippen molar-refractivity contribution < 1.29 is 9.59 Å². The van der Waals surface area contributed by atoms with Gasteiger partial charge in [0.05, 0.1) is 31.2 Å². The molecule has 8 heteroatoms. The molecular formula is C12H14N6O2. The van der Waals surface area contributed by atoms with Crippen molar-refractivity contribution >= 4 is 11.8 Å². The predicted octanol–water partition coefficient (Wildman–Crippen LogP) is -0.585. The van der Waals surface area contributed by atoms with E-state index < -0.39 is 0 Å². The van der Waals surface area contributed by atoms with E-state index in [1.165, 1.54) is 6.92 Å². The largest absolute Gasteiger partial charge is 0.349 e. The van der Waals surface area contributed by atoms with E-state index >= 15 is 0 Å². The number of amides is 2. The summed E-state index contributed by atoms with van der Waals surface area (Å²) >= 11 is 0. The van der Waals surface area contributed by atoms with E-state index in [2.05, 4.69) is 25.9 Å². The van der Waals surface area contributed by atoms with E-state index in [1.807, 2.05) is 6.07 Å². The molecule has 0 aliphatic rings. The fourth-order valence-corrected chi connectivity index (χ4v) is 1.45. The standard InChI is InChI=1S/C12H14N6O2/c1-9(19)14-7-12(20)15-5-10-8-18(17-16-10)11-3-2-4-13-6-11/h2-4,6,8H,5,7H2,1H3,(H,14,19)(H,15,20). The first-order chi connectivity index (χ1) is 9.65. The molecule has 0 atom stereocenters. The molecule has 2 rings (SSSR count). The number of rotatable bonds is 5. The Balaban J connectivity index is 1.87. The van der Waals surface area contributed by atoms with Crippen molar-refractivity contribution in [2.75, 3.05) is 6.54 Å². The molecule has 0 aliphatic carbocycles. The van der Waals surface area contributed by atoms with Gasteiger partial charge in [-0.05, 0) is 12.1 Å². The lowest BCUT2D eigenvalue weighted by Crippen LogP contribution is -2.35. The van der Waals surface area contributed by atoms with Gasteiger partial charge in [0.15, 0.2) is 0 Å². The first-order valence-electron chi connectivity index (χ1n) is 5.98. The molecule has 20 heavy (non-hydrogen) atoms. The Hall–Kier alpha value is -2.77. The fourth-order valence-electron chi connectivity index (χ4n) is 1.45. The lowest BCUT2D eigenvalue weighted by atomic mass is 10.4. The highest BCUT2D eigenvalue weighted by Crippen LogP contribution is 2.03. The summed E-state index contributed by atoms with van der Waals surface area (Å²) in [5.41, 5.74) is 1.40. The first-order valence-corrected chi connectivity index (χ1v) is 5.98. The number of nitrogens with zero attached hydrogens (tertiary/aromatic N) is 4. The number of nitrogens with one attached hydrogen (secondary N) is 2. The number of carbonyl (C=O) groups excluding carboxylic acids is 2. The van der Waals surface area contributed by atoms with Crippen LogP contribution in [-0.2, 0) is 16.1 Å². The van der Waals surface area contributed by atoms with Gasteiger partial charge in [0.1, 0.15) is 5.69 Å². The topological polar surface area (TPSA) is 102 Å². The van der Waals surface area contributed by atoms with Gasteiger partial charge < -0.3 is 10.6 Å². The number of hydrogen-bond acceptors (Lipinski definition) is 5. The maximum absolute atomic E-state index is 11.4. The Morgan fingerprint density at radius 2 is 2.20 bits per heavy atom. The molecule has 0 aliphatic heterocycles. The molecule has 0 aromatic carbocycles. The fraction of sp³-hybridized carbons (Fsp3) is 0.250. The normalized spacial score (nSPS) is 10.1. The summed E-state index contributed by atoms with van der Waals surface area (Å²) in [7, 11) is 0. The zero-order valence-corrected chi connectivity index (χ0v) is 10.9.